The van der Waals surface area contributed by atoms with E-state index in [1.54, 1.807) is 0 Å². The summed E-state index contributed by atoms with van der Waals surface area (Å²) in [4.78, 5) is 0. The molecule has 0 saturated heterocycles. The predicted molar refractivity (Wildman–Crippen MR) is 75.1 cm³/mol. The largest absolute Gasteiger partial charge is 0.0905 e. The second-order valence-electron chi connectivity index (χ2n) is 4.59. The summed E-state index contributed by atoms with van der Waals surface area (Å²) in [6.07, 6.45) is 0. The highest BCUT2D eigenvalue weighted by Crippen LogP contribution is 2.28. The first-order valence-corrected chi connectivity index (χ1v) is 6.03. The Labute approximate surface area is 104 Å². The van der Waals surface area contributed by atoms with Gasteiger partial charge < -0.3 is 0 Å². The third-order valence-electron chi connectivity index (χ3n) is 3.03. The molecule has 0 nitrogen and oxygen atoms in total. The fourth-order valence-corrected chi connectivity index (χ4v) is 2.07. The third-order valence-corrected chi connectivity index (χ3v) is 3.03. The zero-order valence-corrected chi connectivity index (χ0v) is 10.5. The summed E-state index contributed by atoms with van der Waals surface area (Å²) >= 11 is 0. The van der Waals surface area contributed by atoms with Crippen molar-refractivity contribution in [2.45, 2.75) is 19.8 Å². The Morgan fingerprint density at radius 1 is 0.882 bits per heavy atom. The van der Waals surface area contributed by atoms with E-state index in [4.69, 9.17) is 0 Å². The van der Waals surface area contributed by atoms with Crippen LogP contribution in [0.3, 0.4) is 0 Å². The summed E-state index contributed by atoms with van der Waals surface area (Å²) in [5.41, 5.74) is 4.92. The molecule has 0 unspecified atom stereocenters. The quantitative estimate of drug-likeness (QED) is 0.695. The Kier molecular flexibility index (Phi) is 3.43. The lowest BCUT2D eigenvalue weighted by atomic mass is 9.90. The van der Waals surface area contributed by atoms with Crippen LogP contribution >= 0.6 is 0 Å². The second-order valence-corrected chi connectivity index (χ2v) is 4.59. The maximum absolute atomic E-state index is 4.24. The van der Waals surface area contributed by atoms with Crippen molar-refractivity contribution in [3.05, 3.63) is 77.9 Å². The van der Waals surface area contributed by atoms with Crippen molar-refractivity contribution >= 4 is 5.57 Å². The third kappa shape index (κ3) is 2.47. The molecular formula is C17H18. The van der Waals surface area contributed by atoms with Crippen LogP contribution in [-0.2, 0) is 0 Å². The second kappa shape index (κ2) is 5.01. The van der Waals surface area contributed by atoms with Crippen LogP contribution in [0.4, 0.5) is 0 Å². The molecule has 0 heteroatoms. The molecule has 2 rings (SSSR count). The fourth-order valence-electron chi connectivity index (χ4n) is 2.07. The number of hydrogen-bond acceptors (Lipinski definition) is 0. The topological polar surface area (TPSA) is 0 Å². The first kappa shape index (κ1) is 11.7. The van der Waals surface area contributed by atoms with Crippen LogP contribution in [0.2, 0.25) is 0 Å². The van der Waals surface area contributed by atoms with Gasteiger partial charge in [0.05, 0.1) is 0 Å². The molecular weight excluding hydrogens is 204 g/mol. The van der Waals surface area contributed by atoms with Crippen molar-refractivity contribution in [3.8, 4) is 0 Å². The van der Waals surface area contributed by atoms with Gasteiger partial charge in [-0.05, 0) is 28.2 Å². The van der Waals surface area contributed by atoms with E-state index in [-0.39, 0.29) is 0 Å². The monoisotopic (exact) mass is 222 g/mol. The molecule has 0 aliphatic carbocycles. The van der Waals surface area contributed by atoms with Crippen molar-refractivity contribution in [1.82, 2.24) is 0 Å². The van der Waals surface area contributed by atoms with Crippen LogP contribution in [0, 0.1) is 0 Å². The molecule has 0 fully saturated rings. The Morgan fingerprint density at radius 3 is 2.12 bits per heavy atom. The zero-order valence-electron chi connectivity index (χ0n) is 10.5. The molecule has 17 heavy (non-hydrogen) atoms. The minimum absolute atomic E-state index is 0.520. The van der Waals surface area contributed by atoms with E-state index in [1.807, 2.05) is 6.07 Å². The highest BCUT2D eigenvalue weighted by Gasteiger charge is 2.09. The van der Waals surface area contributed by atoms with Gasteiger partial charge in [0, 0.05) is 0 Å². The Bertz CT molecular complexity index is 507. The van der Waals surface area contributed by atoms with Crippen LogP contribution in [0.5, 0.6) is 0 Å². The molecule has 0 aliphatic heterocycles. The lowest BCUT2D eigenvalue weighted by Gasteiger charge is -2.14. The zero-order chi connectivity index (χ0) is 12.3. The molecule has 0 radical (unpaired) electrons. The Hall–Kier alpha value is -1.82. The maximum Gasteiger partial charge on any atom is -0.0149 e. The molecule has 86 valence electrons. The number of hydrogen-bond donors (Lipinski definition) is 0. The molecule has 0 atom stereocenters. The van der Waals surface area contributed by atoms with E-state index in [2.05, 4.69) is 69.0 Å². The lowest BCUT2D eigenvalue weighted by Crippen LogP contribution is -1.95. The Balaban J connectivity index is 2.45. The van der Waals surface area contributed by atoms with E-state index in [0.717, 1.165) is 5.57 Å². The molecule has 0 heterocycles. The molecule has 0 amide bonds. The number of benzene rings is 2. The predicted octanol–water partition coefficient (Wildman–Crippen LogP) is 4.87. The molecule has 0 aliphatic rings. The average Bonchev–Trinajstić information content (AvgIpc) is 2.39. The van der Waals surface area contributed by atoms with Crippen molar-refractivity contribution in [2.75, 3.05) is 0 Å². The van der Waals surface area contributed by atoms with E-state index in [1.165, 1.54) is 16.7 Å². The van der Waals surface area contributed by atoms with Gasteiger partial charge in [-0.1, -0.05) is 75.0 Å². The highest BCUT2D eigenvalue weighted by molar-refractivity contribution is 5.79. The SMILES string of the molecule is C=C(c1ccccc1)c1ccccc1C(C)C. The van der Waals surface area contributed by atoms with Gasteiger partial charge in [-0.15, -0.1) is 0 Å². The molecule has 0 aromatic heterocycles. The molecule has 0 bridgehead atoms. The van der Waals surface area contributed by atoms with Gasteiger partial charge in [-0.2, -0.15) is 0 Å². The molecule has 2 aromatic rings. The van der Waals surface area contributed by atoms with Gasteiger partial charge in [0.1, 0.15) is 0 Å². The van der Waals surface area contributed by atoms with Crippen LogP contribution in [-0.4, -0.2) is 0 Å². The van der Waals surface area contributed by atoms with Gasteiger partial charge in [-0.3, -0.25) is 0 Å². The van der Waals surface area contributed by atoms with Gasteiger partial charge in [0.25, 0.3) is 0 Å². The van der Waals surface area contributed by atoms with Crippen molar-refractivity contribution in [2.24, 2.45) is 0 Å². The minimum Gasteiger partial charge on any atom is -0.0905 e. The van der Waals surface area contributed by atoms with Crippen molar-refractivity contribution < 1.29 is 0 Å². The van der Waals surface area contributed by atoms with E-state index < -0.39 is 0 Å². The molecule has 0 spiro atoms. The number of rotatable bonds is 3. The van der Waals surface area contributed by atoms with Gasteiger partial charge in [0.2, 0.25) is 0 Å². The van der Waals surface area contributed by atoms with Crippen LogP contribution in [0.1, 0.15) is 36.5 Å². The summed E-state index contributed by atoms with van der Waals surface area (Å²) in [5, 5.41) is 0. The maximum atomic E-state index is 4.24. The van der Waals surface area contributed by atoms with Crippen molar-refractivity contribution in [1.29, 1.82) is 0 Å². The molecule has 0 saturated carbocycles. The van der Waals surface area contributed by atoms with Crippen LogP contribution < -0.4 is 0 Å². The smallest absolute Gasteiger partial charge is 0.0149 e. The lowest BCUT2D eigenvalue weighted by molar-refractivity contribution is 0.863. The van der Waals surface area contributed by atoms with Gasteiger partial charge in [0.15, 0.2) is 0 Å². The summed E-state index contributed by atoms with van der Waals surface area (Å²) in [5.74, 6) is 0.520. The first-order chi connectivity index (χ1) is 8.20. The standard InChI is InChI=1S/C17H18/c1-13(2)16-11-7-8-12-17(16)14(3)15-9-5-4-6-10-15/h4-13H,3H2,1-2H3. The highest BCUT2D eigenvalue weighted by atomic mass is 14.1. The molecule has 0 N–H and O–H groups in total. The van der Waals surface area contributed by atoms with Gasteiger partial charge >= 0.3 is 0 Å². The molecule has 2 aromatic carbocycles. The summed E-state index contributed by atoms with van der Waals surface area (Å²) in [6, 6.07) is 18.9. The minimum atomic E-state index is 0.520. The van der Waals surface area contributed by atoms with E-state index in [0.29, 0.717) is 5.92 Å². The van der Waals surface area contributed by atoms with E-state index in [9.17, 15) is 0 Å². The van der Waals surface area contributed by atoms with E-state index >= 15 is 0 Å². The normalized spacial score (nSPS) is 10.5. The fraction of sp³-hybridized carbons (Fsp3) is 0.176. The summed E-state index contributed by atoms with van der Waals surface area (Å²) < 4.78 is 0. The van der Waals surface area contributed by atoms with Crippen molar-refractivity contribution in [3.63, 3.8) is 0 Å². The van der Waals surface area contributed by atoms with Crippen LogP contribution in [0.25, 0.3) is 5.57 Å². The first-order valence-electron chi connectivity index (χ1n) is 6.03. The van der Waals surface area contributed by atoms with Gasteiger partial charge in [-0.25, -0.2) is 0 Å². The Morgan fingerprint density at radius 2 is 1.47 bits per heavy atom. The summed E-state index contributed by atoms with van der Waals surface area (Å²) in [7, 11) is 0. The average molecular weight is 222 g/mol. The van der Waals surface area contributed by atoms with Crippen LogP contribution in [0.15, 0.2) is 61.2 Å². The summed E-state index contributed by atoms with van der Waals surface area (Å²) in [6.45, 7) is 8.68.